The molecule has 1 nitrogen and oxygen atoms in total. The van der Waals surface area contributed by atoms with E-state index in [2.05, 4.69) is 17.2 Å². The third-order valence-electron chi connectivity index (χ3n) is 1.40. The molecule has 0 spiro atoms. The van der Waals surface area contributed by atoms with Crippen LogP contribution in [0, 0.1) is 6.20 Å². The van der Waals surface area contributed by atoms with Crippen molar-refractivity contribution in [1.82, 2.24) is 4.98 Å². The Bertz CT molecular complexity index is 283. The third kappa shape index (κ3) is 1.22. The zero-order valence-corrected chi connectivity index (χ0v) is 7.84. The van der Waals surface area contributed by atoms with Gasteiger partial charge >= 0.3 is 0 Å². The average molecular weight is 207 g/mol. The maximum atomic E-state index is 2.99. The van der Waals surface area contributed by atoms with E-state index < -0.39 is 0 Å². The van der Waals surface area contributed by atoms with Crippen LogP contribution >= 0.6 is 0 Å². The number of para-hydroxylation sites is 1. The molecule has 1 aromatic carbocycles. The van der Waals surface area contributed by atoms with E-state index in [4.69, 9.17) is 0 Å². The van der Waals surface area contributed by atoms with Gasteiger partial charge in [-0.3, -0.25) is 0 Å². The fourth-order valence-corrected chi connectivity index (χ4v) is 0.928. The number of H-pyrrole nitrogens is 1. The molecule has 1 heterocycles. The van der Waals surface area contributed by atoms with E-state index in [9.17, 15) is 0 Å². The second kappa shape index (κ2) is 3.16. The molecule has 10 heavy (non-hydrogen) atoms. The first-order chi connectivity index (χ1) is 4.47. The van der Waals surface area contributed by atoms with Crippen LogP contribution in [0.3, 0.4) is 0 Å². The summed E-state index contributed by atoms with van der Waals surface area (Å²) in [5.41, 5.74) is 1.15. The molecule has 2 heteroatoms. The molecule has 0 atom stereocenters. The molecule has 0 amide bonds. The Morgan fingerprint density at radius 3 is 2.80 bits per heavy atom. The molecular formula is C8H6NZr-. The van der Waals surface area contributed by atoms with E-state index >= 15 is 0 Å². The fraction of sp³-hybridized carbons (Fsp3) is 0. The van der Waals surface area contributed by atoms with Crippen molar-refractivity contribution in [1.29, 1.82) is 0 Å². The summed E-state index contributed by atoms with van der Waals surface area (Å²) in [6.45, 7) is 0. The van der Waals surface area contributed by atoms with Gasteiger partial charge in [0.2, 0.25) is 0 Å². The summed E-state index contributed by atoms with van der Waals surface area (Å²) in [6, 6.07) is 10.1. The normalized spacial score (nSPS) is 9.20. The van der Waals surface area contributed by atoms with E-state index in [1.165, 1.54) is 5.39 Å². The van der Waals surface area contributed by atoms with Crippen molar-refractivity contribution in [2.75, 3.05) is 0 Å². The predicted molar refractivity (Wildman–Crippen MR) is 37.1 cm³/mol. The van der Waals surface area contributed by atoms with E-state index in [1.54, 1.807) is 0 Å². The summed E-state index contributed by atoms with van der Waals surface area (Å²) in [5, 5.41) is 1.22. The van der Waals surface area contributed by atoms with Gasteiger partial charge in [0, 0.05) is 26.2 Å². The standard InChI is InChI=1S/C8H6N.Zr/c1-2-4-8-7(3-1)5-6-9-8;/h1-5,9H;/q-1;. The summed E-state index contributed by atoms with van der Waals surface area (Å²) >= 11 is 0. The van der Waals surface area contributed by atoms with Crippen LogP contribution < -0.4 is 0 Å². The first kappa shape index (κ1) is 7.75. The van der Waals surface area contributed by atoms with Crippen LogP contribution in [-0.4, -0.2) is 4.98 Å². The summed E-state index contributed by atoms with van der Waals surface area (Å²) in [4.78, 5) is 2.99. The first-order valence-electron chi connectivity index (χ1n) is 2.90. The molecule has 1 aromatic heterocycles. The topological polar surface area (TPSA) is 15.8 Å². The molecule has 0 aliphatic heterocycles. The molecule has 0 aliphatic carbocycles. The molecular weight excluding hydrogens is 201 g/mol. The van der Waals surface area contributed by atoms with Crippen molar-refractivity contribution in [3.63, 3.8) is 0 Å². The van der Waals surface area contributed by atoms with Crippen molar-refractivity contribution >= 4 is 10.9 Å². The van der Waals surface area contributed by atoms with Crippen LogP contribution in [0.2, 0.25) is 0 Å². The average Bonchev–Trinajstić information content (AvgIpc) is 2.33. The summed E-state index contributed by atoms with van der Waals surface area (Å²) in [7, 11) is 0. The van der Waals surface area contributed by atoms with Gasteiger partial charge in [0.25, 0.3) is 0 Å². The van der Waals surface area contributed by atoms with Crippen LogP contribution in [0.1, 0.15) is 0 Å². The van der Waals surface area contributed by atoms with Crippen LogP contribution in [-0.2, 0) is 26.2 Å². The minimum absolute atomic E-state index is 0. The molecule has 0 saturated heterocycles. The van der Waals surface area contributed by atoms with Gasteiger partial charge in [0.05, 0.1) is 0 Å². The van der Waals surface area contributed by atoms with Crippen LogP contribution in [0.4, 0.5) is 0 Å². The van der Waals surface area contributed by atoms with Gasteiger partial charge in [-0.25, -0.2) is 0 Å². The molecule has 0 aliphatic rings. The Labute approximate surface area is 78.6 Å². The molecule has 0 fully saturated rings. The molecule has 2 rings (SSSR count). The largest absolute Gasteiger partial charge is 0.477 e. The molecule has 2 aromatic rings. The van der Waals surface area contributed by atoms with Crippen LogP contribution in [0.5, 0.6) is 0 Å². The Morgan fingerprint density at radius 1 is 1.20 bits per heavy atom. The molecule has 0 bridgehead atoms. The van der Waals surface area contributed by atoms with E-state index in [0.717, 1.165) is 5.52 Å². The van der Waals surface area contributed by atoms with Crippen LogP contribution in [0.25, 0.3) is 10.9 Å². The molecule has 0 radical (unpaired) electrons. The van der Waals surface area contributed by atoms with Crippen molar-refractivity contribution in [3.8, 4) is 0 Å². The number of rotatable bonds is 0. The van der Waals surface area contributed by atoms with Gasteiger partial charge in [-0.1, -0.05) is 12.1 Å². The van der Waals surface area contributed by atoms with E-state index in [0.29, 0.717) is 0 Å². The van der Waals surface area contributed by atoms with E-state index in [-0.39, 0.29) is 26.2 Å². The second-order valence-electron chi connectivity index (χ2n) is 2.00. The van der Waals surface area contributed by atoms with Gasteiger partial charge < -0.3 is 4.98 Å². The maximum Gasteiger partial charge on any atom is 0 e. The SMILES string of the molecule is [Zr].[c-]1cc2ccccc2[nH]1. The van der Waals surface area contributed by atoms with Gasteiger partial charge in [0.15, 0.2) is 0 Å². The number of hydrogen-bond donors (Lipinski definition) is 1. The first-order valence-corrected chi connectivity index (χ1v) is 2.90. The number of benzene rings is 1. The minimum Gasteiger partial charge on any atom is -0.477 e. The smallest absolute Gasteiger partial charge is 0 e. The Balaban J connectivity index is 0.000000500. The Hall–Kier alpha value is -0.357. The summed E-state index contributed by atoms with van der Waals surface area (Å²) in [5.74, 6) is 0. The number of aromatic amines is 1. The molecule has 1 N–H and O–H groups in total. The zero-order valence-electron chi connectivity index (χ0n) is 5.39. The second-order valence-corrected chi connectivity index (χ2v) is 2.00. The van der Waals surface area contributed by atoms with Gasteiger partial charge in [-0.05, 0) is 0 Å². The number of nitrogens with one attached hydrogen (secondary N) is 1. The maximum absolute atomic E-state index is 2.99. The molecule has 0 unspecified atom stereocenters. The third-order valence-corrected chi connectivity index (χ3v) is 1.40. The van der Waals surface area contributed by atoms with Crippen molar-refractivity contribution < 1.29 is 26.2 Å². The number of fused-ring (bicyclic) bond motifs is 1. The van der Waals surface area contributed by atoms with Gasteiger partial charge in [-0.15, -0.1) is 23.8 Å². The van der Waals surface area contributed by atoms with E-state index in [1.807, 2.05) is 24.3 Å². The summed E-state index contributed by atoms with van der Waals surface area (Å²) in [6.07, 6.45) is 2.91. The van der Waals surface area contributed by atoms with Crippen molar-refractivity contribution in [3.05, 3.63) is 36.5 Å². The van der Waals surface area contributed by atoms with Crippen molar-refractivity contribution in [2.45, 2.75) is 0 Å². The molecule has 48 valence electrons. The number of aromatic nitrogens is 1. The number of hydrogen-bond acceptors (Lipinski definition) is 0. The Morgan fingerprint density at radius 2 is 2.00 bits per heavy atom. The predicted octanol–water partition coefficient (Wildman–Crippen LogP) is 1.97. The minimum atomic E-state index is 0. The zero-order chi connectivity index (χ0) is 6.10. The van der Waals surface area contributed by atoms with Crippen LogP contribution in [0.15, 0.2) is 30.3 Å². The fourth-order valence-electron chi connectivity index (χ4n) is 0.928. The van der Waals surface area contributed by atoms with Gasteiger partial charge in [0.1, 0.15) is 0 Å². The van der Waals surface area contributed by atoms with Gasteiger partial charge in [-0.2, -0.15) is 11.5 Å². The molecule has 0 saturated carbocycles. The van der Waals surface area contributed by atoms with Crippen molar-refractivity contribution in [2.24, 2.45) is 0 Å². The Kier molecular flexibility index (Phi) is 2.45. The quantitative estimate of drug-likeness (QED) is 0.636. The monoisotopic (exact) mass is 206 g/mol. The summed E-state index contributed by atoms with van der Waals surface area (Å²) < 4.78 is 0.